The minimum absolute atomic E-state index is 0. The van der Waals surface area contributed by atoms with Gasteiger partial charge in [-0.05, 0) is 19.2 Å². The number of aromatic nitrogens is 1. The minimum atomic E-state index is -0.489. The summed E-state index contributed by atoms with van der Waals surface area (Å²) in [6.45, 7) is 5.33. The van der Waals surface area contributed by atoms with Crippen molar-refractivity contribution in [3.8, 4) is 11.3 Å². The first-order valence-electron chi connectivity index (χ1n) is 8.48. The molecular formula is C18H26BrCl2N3O3. The van der Waals surface area contributed by atoms with E-state index >= 15 is 0 Å². The summed E-state index contributed by atoms with van der Waals surface area (Å²) in [4.78, 5) is 4.57. The van der Waals surface area contributed by atoms with Crippen molar-refractivity contribution in [1.29, 1.82) is 0 Å². The lowest BCUT2D eigenvalue weighted by atomic mass is 10.1. The Hall–Kier alpha value is -0.670. The first-order chi connectivity index (χ1) is 12.1. The van der Waals surface area contributed by atoms with E-state index in [-0.39, 0.29) is 24.8 Å². The summed E-state index contributed by atoms with van der Waals surface area (Å²) in [5, 5.41) is 14.2. The van der Waals surface area contributed by atoms with Crippen molar-refractivity contribution in [2.75, 3.05) is 46.4 Å². The number of β-amino-alcohol motifs (C(OH)–C–C–N with tert-alkyl or cyclic N) is 1. The molecule has 1 aliphatic rings. The first kappa shape index (κ1) is 24.4. The number of piperazine rings is 1. The molecule has 9 heteroatoms. The van der Waals surface area contributed by atoms with E-state index in [0.717, 1.165) is 41.9 Å². The Labute approximate surface area is 180 Å². The third kappa shape index (κ3) is 7.69. The van der Waals surface area contributed by atoms with Gasteiger partial charge >= 0.3 is 0 Å². The number of benzene rings is 1. The summed E-state index contributed by atoms with van der Waals surface area (Å²) in [6.07, 6.45) is -0.489. The molecule has 0 aliphatic carbocycles. The molecule has 0 bridgehead atoms. The van der Waals surface area contributed by atoms with Crippen LogP contribution < -0.4 is 0 Å². The Balaban J connectivity index is 0.00000182. The Morgan fingerprint density at radius 1 is 1.19 bits per heavy atom. The molecule has 3 rings (SSSR count). The first-order valence-corrected chi connectivity index (χ1v) is 9.27. The van der Waals surface area contributed by atoms with Gasteiger partial charge in [0.1, 0.15) is 12.3 Å². The summed E-state index contributed by atoms with van der Waals surface area (Å²) in [5.41, 5.74) is 1.78. The normalized spacial score (nSPS) is 16.4. The maximum atomic E-state index is 10.1. The highest BCUT2D eigenvalue weighted by atomic mass is 79.9. The predicted molar refractivity (Wildman–Crippen MR) is 114 cm³/mol. The van der Waals surface area contributed by atoms with Crippen LogP contribution in [-0.2, 0) is 11.3 Å². The third-order valence-electron chi connectivity index (χ3n) is 4.32. The molecule has 1 aromatic heterocycles. The van der Waals surface area contributed by atoms with Crippen molar-refractivity contribution in [3.63, 3.8) is 0 Å². The lowest BCUT2D eigenvalue weighted by Crippen LogP contribution is -2.47. The molecule has 0 radical (unpaired) electrons. The lowest BCUT2D eigenvalue weighted by Gasteiger charge is -2.33. The highest BCUT2D eigenvalue weighted by Gasteiger charge is 2.17. The van der Waals surface area contributed by atoms with Gasteiger partial charge in [0.2, 0.25) is 0 Å². The maximum Gasteiger partial charge on any atom is 0.163 e. The number of aliphatic hydroxyl groups excluding tert-OH is 1. The topological polar surface area (TPSA) is 62.0 Å². The molecule has 6 nitrogen and oxygen atoms in total. The molecule has 0 saturated carbocycles. The van der Waals surface area contributed by atoms with Gasteiger partial charge in [0.05, 0.1) is 12.7 Å². The smallest absolute Gasteiger partial charge is 0.163 e. The summed E-state index contributed by atoms with van der Waals surface area (Å²) in [6, 6.07) is 9.76. The summed E-state index contributed by atoms with van der Waals surface area (Å²) >= 11 is 3.42. The molecule has 1 aromatic carbocycles. The predicted octanol–water partition coefficient (Wildman–Crippen LogP) is 3.07. The van der Waals surface area contributed by atoms with E-state index in [2.05, 4.69) is 37.9 Å². The molecule has 152 valence electrons. The second-order valence-electron chi connectivity index (χ2n) is 6.46. The number of ether oxygens (including phenoxy) is 1. The molecule has 1 saturated heterocycles. The van der Waals surface area contributed by atoms with Crippen LogP contribution in [0.25, 0.3) is 11.3 Å². The Morgan fingerprint density at radius 3 is 2.52 bits per heavy atom. The second-order valence-corrected chi connectivity index (χ2v) is 7.37. The van der Waals surface area contributed by atoms with Crippen LogP contribution in [0.15, 0.2) is 39.3 Å². The average Bonchev–Trinajstić information content (AvgIpc) is 3.06. The van der Waals surface area contributed by atoms with E-state index in [1.165, 1.54) is 0 Å². The van der Waals surface area contributed by atoms with E-state index in [9.17, 15) is 5.11 Å². The van der Waals surface area contributed by atoms with Crippen LogP contribution in [0, 0.1) is 0 Å². The zero-order chi connectivity index (χ0) is 17.6. The van der Waals surface area contributed by atoms with Gasteiger partial charge in [-0.1, -0.05) is 33.2 Å². The Bertz CT molecular complexity index is 664. The number of hydrogen-bond acceptors (Lipinski definition) is 6. The van der Waals surface area contributed by atoms with Gasteiger partial charge in [-0.2, -0.15) is 0 Å². The molecule has 1 N–H and O–H groups in total. The summed E-state index contributed by atoms with van der Waals surface area (Å²) in [5.74, 6) is 0.657. The van der Waals surface area contributed by atoms with E-state index in [1.807, 2.05) is 30.3 Å². The zero-order valence-corrected chi connectivity index (χ0v) is 18.4. The van der Waals surface area contributed by atoms with Crippen LogP contribution in [0.5, 0.6) is 0 Å². The number of nitrogens with zero attached hydrogens (tertiary/aromatic N) is 3. The number of halogens is 3. The van der Waals surface area contributed by atoms with Crippen LogP contribution in [0.2, 0.25) is 0 Å². The van der Waals surface area contributed by atoms with Crippen LogP contribution in [0.1, 0.15) is 5.76 Å². The van der Waals surface area contributed by atoms with Gasteiger partial charge in [-0.25, -0.2) is 0 Å². The van der Waals surface area contributed by atoms with Crippen molar-refractivity contribution in [2.24, 2.45) is 0 Å². The zero-order valence-electron chi connectivity index (χ0n) is 15.2. The molecule has 1 aliphatic heterocycles. The average molecular weight is 483 g/mol. The van der Waals surface area contributed by atoms with Gasteiger partial charge in [0, 0.05) is 48.8 Å². The van der Waals surface area contributed by atoms with E-state index < -0.39 is 6.10 Å². The second kappa shape index (κ2) is 12.0. The van der Waals surface area contributed by atoms with Crippen LogP contribution in [0.3, 0.4) is 0 Å². The standard InChI is InChI=1S/C18H24BrN3O3.2ClH/c1-21-6-8-22(9-7-21)11-16(23)12-24-13-17-10-18(20-25-17)14-2-4-15(19)5-3-14;;/h2-5,10,16,23H,6-9,11-13H2,1H3;2*1H. The van der Waals surface area contributed by atoms with Crippen molar-refractivity contribution < 1.29 is 14.4 Å². The summed E-state index contributed by atoms with van der Waals surface area (Å²) in [7, 11) is 2.12. The number of aliphatic hydroxyl groups is 1. The molecule has 1 atom stereocenters. The van der Waals surface area contributed by atoms with Gasteiger partial charge < -0.3 is 19.3 Å². The molecule has 1 unspecified atom stereocenters. The molecule has 1 fully saturated rings. The van der Waals surface area contributed by atoms with E-state index in [0.29, 0.717) is 25.5 Å². The Morgan fingerprint density at radius 2 is 1.85 bits per heavy atom. The molecule has 27 heavy (non-hydrogen) atoms. The number of hydrogen-bond donors (Lipinski definition) is 1. The van der Waals surface area contributed by atoms with Crippen LogP contribution >= 0.6 is 40.7 Å². The van der Waals surface area contributed by atoms with Gasteiger partial charge in [-0.15, -0.1) is 24.8 Å². The van der Waals surface area contributed by atoms with E-state index in [1.54, 1.807) is 0 Å². The van der Waals surface area contributed by atoms with Gasteiger partial charge in [0.15, 0.2) is 5.76 Å². The minimum Gasteiger partial charge on any atom is -0.389 e. The van der Waals surface area contributed by atoms with Gasteiger partial charge in [0.25, 0.3) is 0 Å². The highest BCUT2D eigenvalue weighted by molar-refractivity contribution is 9.10. The summed E-state index contributed by atoms with van der Waals surface area (Å²) < 4.78 is 11.9. The molecule has 0 spiro atoms. The monoisotopic (exact) mass is 481 g/mol. The van der Waals surface area contributed by atoms with Gasteiger partial charge in [-0.3, -0.25) is 4.90 Å². The van der Waals surface area contributed by atoms with E-state index in [4.69, 9.17) is 9.26 Å². The number of likely N-dealkylation sites (N-methyl/N-ethyl adjacent to an activating group) is 1. The molecule has 2 aromatic rings. The molecule has 0 amide bonds. The lowest BCUT2D eigenvalue weighted by molar-refractivity contribution is -0.00229. The van der Waals surface area contributed by atoms with Crippen molar-refractivity contribution in [2.45, 2.75) is 12.7 Å². The van der Waals surface area contributed by atoms with Crippen molar-refractivity contribution in [1.82, 2.24) is 15.0 Å². The van der Waals surface area contributed by atoms with Crippen molar-refractivity contribution >= 4 is 40.7 Å². The van der Waals surface area contributed by atoms with Crippen LogP contribution in [-0.4, -0.2) is 72.5 Å². The largest absolute Gasteiger partial charge is 0.389 e. The number of rotatable bonds is 7. The SMILES string of the molecule is CN1CCN(CC(O)COCc2cc(-c3ccc(Br)cc3)no2)CC1.Cl.Cl. The Kier molecular flexibility index (Phi) is 10.8. The fourth-order valence-corrected chi connectivity index (χ4v) is 3.08. The van der Waals surface area contributed by atoms with Crippen LogP contribution in [0.4, 0.5) is 0 Å². The third-order valence-corrected chi connectivity index (χ3v) is 4.85. The molecule has 2 heterocycles. The fourth-order valence-electron chi connectivity index (χ4n) is 2.81. The molecular weight excluding hydrogens is 457 g/mol. The maximum absolute atomic E-state index is 10.1. The van der Waals surface area contributed by atoms with Crippen molar-refractivity contribution in [3.05, 3.63) is 40.6 Å². The quantitative estimate of drug-likeness (QED) is 0.654. The fraction of sp³-hybridized carbons (Fsp3) is 0.500. The highest BCUT2D eigenvalue weighted by Crippen LogP contribution is 2.21.